The molecule has 0 unspecified atom stereocenters. The molecule has 2 aromatic heterocycles. The normalized spacial score (nSPS) is 14.6. The van der Waals surface area contributed by atoms with Crippen molar-refractivity contribution in [2.75, 3.05) is 36.0 Å². The van der Waals surface area contributed by atoms with Gasteiger partial charge in [0.05, 0.1) is 22.6 Å². The van der Waals surface area contributed by atoms with E-state index in [2.05, 4.69) is 30.8 Å². The maximum atomic E-state index is 9.19. The SMILES string of the molecule is Cc1cnc(C)c(N2CCN(c3cc(C)c(C#N)c(C)n3)CC2)n1. The predicted octanol–water partition coefficient (Wildman–Crippen LogP) is 2.30. The molecule has 6 nitrogen and oxygen atoms in total. The van der Waals surface area contributed by atoms with Crippen LogP contribution in [0.25, 0.3) is 0 Å². The first-order valence-electron chi connectivity index (χ1n) is 8.18. The summed E-state index contributed by atoms with van der Waals surface area (Å²) < 4.78 is 0. The molecule has 3 rings (SSSR count). The van der Waals surface area contributed by atoms with Crippen molar-refractivity contribution in [3.8, 4) is 6.07 Å². The number of anilines is 2. The van der Waals surface area contributed by atoms with Gasteiger partial charge < -0.3 is 9.80 Å². The molecule has 0 amide bonds. The van der Waals surface area contributed by atoms with Crippen LogP contribution in [0.4, 0.5) is 11.6 Å². The zero-order valence-electron chi connectivity index (χ0n) is 14.7. The molecule has 2 aromatic rings. The summed E-state index contributed by atoms with van der Waals surface area (Å²) in [6.07, 6.45) is 1.81. The van der Waals surface area contributed by atoms with E-state index in [1.54, 1.807) is 6.20 Å². The van der Waals surface area contributed by atoms with Gasteiger partial charge in [-0.2, -0.15) is 5.26 Å². The van der Waals surface area contributed by atoms with Crippen molar-refractivity contribution in [1.29, 1.82) is 5.26 Å². The summed E-state index contributed by atoms with van der Waals surface area (Å²) >= 11 is 0. The molecule has 24 heavy (non-hydrogen) atoms. The number of hydrogen-bond donors (Lipinski definition) is 0. The third-order valence-electron chi connectivity index (χ3n) is 4.45. The second-order valence-corrected chi connectivity index (χ2v) is 6.26. The molecule has 1 aliphatic rings. The molecular formula is C18H22N6. The lowest BCUT2D eigenvalue weighted by Crippen LogP contribution is -2.47. The van der Waals surface area contributed by atoms with Gasteiger partial charge in [-0.25, -0.2) is 9.97 Å². The zero-order chi connectivity index (χ0) is 17.3. The Balaban J connectivity index is 1.76. The Hall–Kier alpha value is -2.68. The second-order valence-electron chi connectivity index (χ2n) is 6.26. The maximum absolute atomic E-state index is 9.19. The van der Waals surface area contributed by atoms with E-state index in [-0.39, 0.29) is 0 Å². The highest BCUT2D eigenvalue weighted by molar-refractivity contribution is 5.52. The first kappa shape index (κ1) is 16.2. The van der Waals surface area contributed by atoms with Crippen LogP contribution in [0, 0.1) is 39.0 Å². The number of nitrogens with zero attached hydrogens (tertiary/aromatic N) is 6. The molecule has 0 aromatic carbocycles. The first-order valence-corrected chi connectivity index (χ1v) is 8.18. The number of piperazine rings is 1. The van der Waals surface area contributed by atoms with Gasteiger partial charge in [-0.3, -0.25) is 4.98 Å². The molecule has 1 aliphatic heterocycles. The molecule has 0 spiro atoms. The largest absolute Gasteiger partial charge is 0.353 e. The Labute approximate surface area is 142 Å². The van der Waals surface area contributed by atoms with Crippen LogP contribution >= 0.6 is 0 Å². The van der Waals surface area contributed by atoms with Crippen molar-refractivity contribution in [2.45, 2.75) is 27.7 Å². The lowest BCUT2D eigenvalue weighted by Gasteiger charge is -2.36. The lowest BCUT2D eigenvalue weighted by molar-refractivity contribution is 0.637. The smallest absolute Gasteiger partial charge is 0.150 e. The Morgan fingerprint density at radius 3 is 2.25 bits per heavy atom. The minimum absolute atomic E-state index is 0.683. The van der Waals surface area contributed by atoms with E-state index in [0.29, 0.717) is 5.56 Å². The number of nitriles is 1. The van der Waals surface area contributed by atoms with E-state index in [1.807, 2.05) is 33.8 Å². The predicted molar refractivity (Wildman–Crippen MR) is 94.4 cm³/mol. The molecule has 0 radical (unpaired) electrons. The van der Waals surface area contributed by atoms with Crippen molar-refractivity contribution in [1.82, 2.24) is 15.0 Å². The monoisotopic (exact) mass is 322 g/mol. The van der Waals surface area contributed by atoms with Crippen LogP contribution in [0.3, 0.4) is 0 Å². The molecule has 1 fully saturated rings. The summed E-state index contributed by atoms with van der Waals surface area (Å²) in [4.78, 5) is 18.2. The van der Waals surface area contributed by atoms with Gasteiger partial charge in [0.25, 0.3) is 0 Å². The molecule has 0 aliphatic carbocycles. The highest BCUT2D eigenvalue weighted by Gasteiger charge is 2.21. The van der Waals surface area contributed by atoms with Crippen LogP contribution in [0.1, 0.15) is 28.2 Å². The van der Waals surface area contributed by atoms with E-state index in [4.69, 9.17) is 0 Å². The van der Waals surface area contributed by atoms with E-state index in [0.717, 1.165) is 60.5 Å². The van der Waals surface area contributed by atoms with Gasteiger partial charge in [0, 0.05) is 32.4 Å². The summed E-state index contributed by atoms with van der Waals surface area (Å²) in [7, 11) is 0. The molecule has 6 heteroatoms. The van der Waals surface area contributed by atoms with Crippen LogP contribution < -0.4 is 9.80 Å². The molecule has 124 valence electrons. The minimum Gasteiger partial charge on any atom is -0.353 e. The molecular weight excluding hydrogens is 300 g/mol. The Kier molecular flexibility index (Phi) is 4.34. The summed E-state index contributed by atoms with van der Waals surface area (Å²) in [5.74, 6) is 1.94. The average Bonchev–Trinajstić information content (AvgIpc) is 2.57. The fourth-order valence-electron chi connectivity index (χ4n) is 3.11. The molecule has 0 N–H and O–H groups in total. The quantitative estimate of drug-likeness (QED) is 0.845. The summed E-state index contributed by atoms with van der Waals surface area (Å²) in [6.45, 7) is 11.4. The van der Waals surface area contributed by atoms with Crippen molar-refractivity contribution in [3.05, 3.63) is 40.5 Å². The van der Waals surface area contributed by atoms with Crippen molar-refractivity contribution >= 4 is 11.6 Å². The van der Waals surface area contributed by atoms with E-state index in [9.17, 15) is 5.26 Å². The zero-order valence-corrected chi connectivity index (χ0v) is 14.7. The average molecular weight is 322 g/mol. The van der Waals surface area contributed by atoms with Crippen LogP contribution in [-0.2, 0) is 0 Å². The van der Waals surface area contributed by atoms with Crippen LogP contribution in [-0.4, -0.2) is 41.1 Å². The highest BCUT2D eigenvalue weighted by atomic mass is 15.3. The van der Waals surface area contributed by atoms with Gasteiger partial charge in [-0.05, 0) is 39.3 Å². The maximum Gasteiger partial charge on any atom is 0.150 e. The molecule has 3 heterocycles. The number of aryl methyl sites for hydroxylation is 4. The highest BCUT2D eigenvalue weighted by Crippen LogP contribution is 2.22. The summed E-state index contributed by atoms with van der Waals surface area (Å²) in [5.41, 5.74) is 4.39. The van der Waals surface area contributed by atoms with Gasteiger partial charge in [0.15, 0.2) is 0 Å². The number of pyridine rings is 1. The molecule has 0 bridgehead atoms. The fourth-order valence-corrected chi connectivity index (χ4v) is 3.11. The topological polar surface area (TPSA) is 68.9 Å². The third kappa shape index (κ3) is 3.02. The number of aromatic nitrogens is 3. The Morgan fingerprint density at radius 1 is 0.958 bits per heavy atom. The van der Waals surface area contributed by atoms with Crippen LogP contribution in [0.15, 0.2) is 12.3 Å². The molecule has 0 saturated carbocycles. The first-order chi connectivity index (χ1) is 11.5. The van der Waals surface area contributed by atoms with Gasteiger partial charge in [0.2, 0.25) is 0 Å². The van der Waals surface area contributed by atoms with Crippen molar-refractivity contribution in [3.63, 3.8) is 0 Å². The second kappa shape index (κ2) is 6.44. The third-order valence-corrected chi connectivity index (χ3v) is 4.45. The minimum atomic E-state index is 0.683. The molecule has 0 atom stereocenters. The van der Waals surface area contributed by atoms with Crippen LogP contribution in [0.2, 0.25) is 0 Å². The van der Waals surface area contributed by atoms with Crippen molar-refractivity contribution < 1.29 is 0 Å². The number of hydrogen-bond acceptors (Lipinski definition) is 6. The Morgan fingerprint density at radius 2 is 1.62 bits per heavy atom. The van der Waals surface area contributed by atoms with Gasteiger partial charge in [-0.15, -0.1) is 0 Å². The molecule has 1 saturated heterocycles. The van der Waals surface area contributed by atoms with E-state index >= 15 is 0 Å². The van der Waals surface area contributed by atoms with Gasteiger partial charge in [-0.1, -0.05) is 0 Å². The van der Waals surface area contributed by atoms with Crippen LogP contribution in [0.5, 0.6) is 0 Å². The van der Waals surface area contributed by atoms with E-state index < -0.39 is 0 Å². The van der Waals surface area contributed by atoms with E-state index in [1.165, 1.54) is 0 Å². The fraction of sp³-hybridized carbons (Fsp3) is 0.444. The standard InChI is InChI=1S/C18H22N6/c1-12-9-17(22-14(3)16(12)10-19)23-5-7-24(8-6-23)18-15(4)20-11-13(2)21-18/h9,11H,5-8H2,1-4H3. The van der Waals surface area contributed by atoms with Gasteiger partial charge in [0.1, 0.15) is 17.7 Å². The van der Waals surface area contributed by atoms with Gasteiger partial charge >= 0.3 is 0 Å². The van der Waals surface area contributed by atoms with Crippen molar-refractivity contribution in [2.24, 2.45) is 0 Å². The summed E-state index contributed by atoms with van der Waals surface area (Å²) in [5, 5.41) is 9.19. The lowest BCUT2D eigenvalue weighted by atomic mass is 10.1. The number of rotatable bonds is 2. The Bertz CT molecular complexity index is 777. The summed E-state index contributed by atoms with van der Waals surface area (Å²) in [6, 6.07) is 4.24.